The Kier molecular flexibility index (Phi) is 7.41. The van der Waals surface area contributed by atoms with Gasteiger partial charge in [0.05, 0.1) is 30.3 Å². The lowest BCUT2D eigenvalue weighted by atomic mass is 9.43. The van der Waals surface area contributed by atoms with Crippen molar-refractivity contribution in [3.8, 4) is 0 Å². The number of carbonyl (C=O) groups is 3. The molecule has 0 amide bonds. The van der Waals surface area contributed by atoms with Crippen LogP contribution in [0.4, 0.5) is 0 Å². The SMILES string of the molecule is CC(=O)OC1C[C@@]2(O)[C@@H](OC(=O)c3ccccc3)[C@@H]3[C@]4(OC(C)=O)CO[C@@H]4C[C@H](O)[C@@]3(C)[C@@H](O)[C@H](C)C(=C1C)C2(C)C. The summed E-state index contributed by atoms with van der Waals surface area (Å²) in [4.78, 5) is 38.6. The van der Waals surface area contributed by atoms with E-state index in [-0.39, 0.29) is 25.0 Å². The van der Waals surface area contributed by atoms with Crippen molar-refractivity contribution in [1.29, 1.82) is 0 Å². The van der Waals surface area contributed by atoms with E-state index in [2.05, 4.69) is 0 Å². The number of rotatable bonds is 4. The molecule has 0 spiro atoms. The molecule has 0 radical (unpaired) electrons. The number of hydrogen-bond acceptors (Lipinski definition) is 10. The van der Waals surface area contributed by atoms with Gasteiger partial charge in [0.25, 0.3) is 0 Å². The third-order valence-electron chi connectivity index (χ3n) is 10.8. The molecule has 230 valence electrons. The summed E-state index contributed by atoms with van der Waals surface area (Å²) < 4.78 is 23.9. The van der Waals surface area contributed by atoms with Gasteiger partial charge in [-0.2, -0.15) is 0 Å². The Morgan fingerprint density at radius 3 is 2.19 bits per heavy atom. The molecule has 10 nitrogen and oxygen atoms in total. The first-order valence-corrected chi connectivity index (χ1v) is 14.6. The van der Waals surface area contributed by atoms with Crippen molar-refractivity contribution >= 4 is 17.9 Å². The second-order valence-corrected chi connectivity index (χ2v) is 13.3. The molecule has 1 heterocycles. The predicted octanol–water partition coefficient (Wildman–Crippen LogP) is 2.72. The van der Waals surface area contributed by atoms with Gasteiger partial charge >= 0.3 is 17.9 Å². The van der Waals surface area contributed by atoms with Crippen molar-refractivity contribution in [3.63, 3.8) is 0 Å². The van der Waals surface area contributed by atoms with Crippen molar-refractivity contribution in [2.45, 2.75) is 103 Å². The molecule has 1 aromatic carbocycles. The molecular weight excluding hydrogens is 544 g/mol. The lowest BCUT2D eigenvalue weighted by Crippen LogP contribution is -2.81. The Balaban J connectivity index is 1.82. The maximum atomic E-state index is 13.8. The molecule has 3 fully saturated rings. The molecule has 3 N–H and O–H groups in total. The fourth-order valence-corrected chi connectivity index (χ4v) is 8.72. The normalized spacial score (nSPS) is 42.1. The van der Waals surface area contributed by atoms with E-state index >= 15 is 0 Å². The van der Waals surface area contributed by atoms with Gasteiger partial charge in [-0.15, -0.1) is 0 Å². The van der Waals surface area contributed by atoms with Crippen molar-refractivity contribution in [2.75, 3.05) is 6.61 Å². The molecule has 5 rings (SSSR count). The van der Waals surface area contributed by atoms with Gasteiger partial charge in [-0.1, -0.05) is 51.5 Å². The first kappa shape index (κ1) is 30.7. The number of ether oxygens (including phenoxy) is 4. The smallest absolute Gasteiger partial charge is 0.338 e. The minimum Gasteiger partial charge on any atom is -0.458 e. The van der Waals surface area contributed by atoms with Gasteiger partial charge in [0.2, 0.25) is 0 Å². The lowest BCUT2D eigenvalue weighted by Gasteiger charge is -2.69. The second-order valence-electron chi connectivity index (χ2n) is 13.3. The Morgan fingerprint density at radius 2 is 1.64 bits per heavy atom. The van der Waals surface area contributed by atoms with E-state index in [1.165, 1.54) is 13.8 Å². The molecule has 4 aliphatic rings. The largest absolute Gasteiger partial charge is 0.458 e. The Bertz CT molecular complexity index is 1310. The zero-order chi connectivity index (χ0) is 31.0. The highest BCUT2D eigenvalue weighted by Gasteiger charge is 2.77. The van der Waals surface area contributed by atoms with Gasteiger partial charge in [-0.25, -0.2) is 4.79 Å². The van der Waals surface area contributed by atoms with E-state index in [4.69, 9.17) is 18.9 Å². The number of esters is 3. The van der Waals surface area contributed by atoms with Crippen LogP contribution in [0.5, 0.6) is 0 Å². The standard InChI is InChI=1S/C32H42O10/c1-16-21(40-18(3)33)14-32(38)27(41-28(37)20-11-9-8-10-12-20)25-30(7,26(36)17(2)24(16)29(32,5)6)22(35)13-23-31(25,15-39-23)42-19(4)34/h8-12,17,21-23,25-27,35-36,38H,13-15H2,1-7H3/t17-,21?,22+,23-,25+,26+,27+,30-,31+,32-/m1/s1. The summed E-state index contributed by atoms with van der Waals surface area (Å²) in [6, 6.07) is 8.30. The summed E-state index contributed by atoms with van der Waals surface area (Å²) in [5, 5.41) is 37.1. The van der Waals surface area contributed by atoms with Crippen LogP contribution in [0.1, 0.15) is 71.7 Å². The summed E-state index contributed by atoms with van der Waals surface area (Å²) in [5.74, 6) is -3.63. The monoisotopic (exact) mass is 586 g/mol. The maximum absolute atomic E-state index is 13.8. The molecule has 2 bridgehead atoms. The summed E-state index contributed by atoms with van der Waals surface area (Å²) in [5.41, 5.74) is -4.31. The Morgan fingerprint density at radius 1 is 1.00 bits per heavy atom. The molecule has 2 saturated carbocycles. The van der Waals surface area contributed by atoms with Gasteiger partial charge in [0, 0.05) is 43.4 Å². The number of benzene rings is 1. The fraction of sp³-hybridized carbons (Fsp3) is 0.656. The van der Waals surface area contributed by atoms with E-state index < -0.39 is 82.3 Å². The molecular formula is C32H42O10. The molecule has 1 aromatic rings. The highest BCUT2D eigenvalue weighted by molar-refractivity contribution is 5.89. The van der Waals surface area contributed by atoms with Gasteiger partial charge in [0.1, 0.15) is 23.9 Å². The van der Waals surface area contributed by atoms with Crippen molar-refractivity contribution < 1.29 is 48.7 Å². The minimum absolute atomic E-state index is 0.0688. The molecule has 3 aliphatic carbocycles. The molecule has 1 saturated heterocycles. The van der Waals surface area contributed by atoms with Gasteiger partial charge in [-0.05, 0) is 24.6 Å². The van der Waals surface area contributed by atoms with Crippen LogP contribution in [-0.4, -0.2) is 81.6 Å². The Hall–Kier alpha value is -2.79. The Labute approximate surface area is 246 Å². The number of carbonyl (C=O) groups excluding carboxylic acids is 3. The van der Waals surface area contributed by atoms with Crippen molar-refractivity contribution in [3.05, 3.63) is 47.0 Å². The van der Waals surface area contributed by atoms with Crippen LogP contribution in [0.3, 0.4) is 0 Å². The number of aliphatic hydroxyl groups is 3. The maximum Gasteiger partial charge on any atom is 0.338 e. The average Bonchev–Trinajstić information content (AvgIpc) is 2.90. The predicted molar refractivity (Wildman–Crippen MR) is 149 cm³/mol. The van der Waals surface area contributed by atoms with Crippen LogP contribution in [-0.2, 0) is 28.5 Å². The van der Waals surface area contributed by atoms with Crippen molar-refractivity contribution in [1.82, 2.24) is 0 Å². The van der Waals surface area contributed by atoms with Gasteiger partial charge < -0.3 is 34.3 Å². The molecule has 10 heteroatoms. The topological polar surface area (TPSA) is 149 Å². The zero-order valence-corrected chi connectivity index (χ0v) is 25.2. The van der Waals surface area contributed by atoms with Crippen LogP contribution >= 0.6 is 0 Å². The van der Waals surface area contributed by atoms with Crippen LogP contribution in [0.2, 0.25) is 0 Å². The van der Waals surface area contributed by atoms with E-state index in [1.807, 2.05) is 27.7 Å². The zero-order valence-electron chi connectivity index (χ0n) is 25.2. The highest BCUT2D eigenvalue weighted by atomic mass is 16.6. The quantitative estimate of drug-likeness (QED) is 0.273. The molecule has 1 unspecified atom stereocenters. The first-order chi connectivity index (χ1) is 19.5. The summed E-state index contributed by atoms with van der Waals surface area (Å²) in [6.45, 7) is 11.4. The lowest BCUT2D eigenvalue weighted by molar-refractivity contribution is -0.363. The summed E-state index contributed by atoms with van der Waals surface area (Å²) >= 11 is 0. The van der Waals surface area contributed by atoms with E-state index in [9.17, 15) is 29.7 Å². The van der Waals surface area contributed by atoms with E-state index in [1.54, 1.807) is 37.3 Å². The van der Waals surface area contributed by atoms with Gasteiger partial charge in [0.15, 0.2) is 5.60 Å². The molecule has 0 aromatic heterocycles. The van der Waals surface area contributed by atoms with Gasteiger partial charge in [-0.3, -0.25) is 9.59 Å². The third kappa shape index (κ3) is 4.17. The molecule has 1 aliphatic heterocycles. The van der Waals surface area contributed by atoms with Crippen LogP contribution in [0.25, 0.3) is 0 Å². The molecule has 10 atom stereocenters. The van der Waals surface area contributed by atoms with Crippen molar-refractivity contribution in [2.24, 2.45) is 22.7 Å². The number of aliphatic hydroxyl groups excluding tert-OH is 2. The fourth-order valence-electron chi connectivity index (χ4n) is 8.72. The van der Waals surface area contributed by atoms with E-state index in [0.29, 0.717) is 11.1 Å². The average molecular weight is 587 g/mol. The second kappa shape index (κ2) is 10.1. The van der Waals surface area contributed by atoms with Crippen LogP contribution in [0, 0.1) is 22.7 Å². The van der Waals surface area contributed by atoms with Crippen LogP contribution in [0.15, 0.2) is 41.5 Å². The number of hydrogen-bond donors (Lipinski definition) is 3. The first-order valence-electron chi connectivity index (χ1n) is 14.6. The van der Waals surface area contributed by atoms with E-state index in [0.717, 1.165) is 0 Å². The highest BCUT2D eigenvalue weighted by Crippen LogP contribution is 2.65. The summed E-state index contributed by atoms with van der Waals surface area (Å²) in [6.07, 6.45) is -5.54. The minimum atomic E-state index is -1.91. The number of fused-ring (bicyclic) bond motifs is 5. The molecule has 42 heavy (non-hydrogen) atoms. The third-order valence-corrected chi connectivity index (χ3v) is 10.8. The van der Waals surface area contributed by atoms with Crippen LogP contribution < -0.4 is 0 Å². The summed E-state index contributed by atoms with van der Waals surface area (Å²) in [7, 11) is 0.